The predicted octanol–water partition coefficient (Wildman–Crippen LogP) is 6.37. The molecule has 2 heteroatoms. The Kier molecular flexibility index (Phi) is 7.61. The maximum absolute atomic E-state index is 6.95. The van der Waals surface area contributed by atoms with E-state index in [9.17, 15) is 0 Å². The lowest BCUT2D eigenvalue weighted by Gasteiger charge is -2.14. The van der Waals surface area contributed by atoms with E-state index in [1.54, 1.807) is 12.1 Å². The summed E-state index contributed by atoms with van der Waals surface area (Å²) < 4.78 is 5.96. The zero-order valence-corrected chi connectivity index (χ0v) is 15.1. The van der Waals surface area contributed by atoms with Crippen molar-refractivity contribution in [1.82, 2.24) is 0 Å². The van der Waals surface area contributed by atoms with Gasteiger partial charge in [-0.1, -0.05) is 62.3 Å². The predicted molar refractivity (Wildman–Crippen MR) is 104 cm³/mol. The maximum Gasteiger partial charge on any atom is 0.187 e. The standard InChI is InChI=1S/C23H25NO/c1-4-5-6-7-8-19(2)25-23-17-13-21(14-18-23)10-9-20-11-15-22(24-3)16-12-20/h11-19H,4-8H2,1-2H3/t19-/m1/s1. The largest absolute Gasteiger partial charge is 0.491 e. The van der Waals surface area contributed by atoms with Gasteiger partial charge in [-0.3, -0.25) is 0 Å². The average molecular weight is 331 g/mol. The highest BCUT2D eigenvalue weighted by Gasteiger charge is 2.03. The third-order valence-electron chi connectivity index (χ3n) is 4.00. The second-order valence-corrected chi connectivity index (χ2v) is 6.21. The van der Waals surface area contributed by atoms with Crippen LogP contribution >= 0.6 is 0 Å². The molecule has 25 heavy (non-hydrogen) atoms. The number of ether oxygens (including phenoxy) is 1. The van der Waals surface area contributed by atoms with Crippen molar-refractivity contribution in [3.05, 3.63) is 71.1 Å². The summed E-state index contributed by atoms with van der Waals surface area (Å²) in [5, 5.41) is 0. The molecule has 0 fully saturated rings. The smallest absolute Gasteiger partial charge is 0.187 e. The van der Waals surface area contributed by atoms with Crippen molar-refractivity contribution in [1.29, 1.82) is 0 Å². The molecule has 128 valence electrons. The molecular weight excluding hydrogens is 306 g/mol. The summed E-state index contributed by atoms with van der Waals surface area (Å²) in [6.45, 7) is 11.3. The van der Waals surface area contributed by atoms with Crippen LogP contribution in [0.2, 0.25) is 0 Å². The summed E-state index contributed by atoms with van der Waals surface area (Å²) in [5.74, 6) is 7.16. The number of rotatable bonds is 7. The van der Waals surface area contributed by atoms with Crippen LogP contribution in [0.3, 0.4) is 0 Å². The summed E-state index contributed by atoms with van der Waals surface area (Å²) in [7, 11) is 0. The fourth-order valence-corrected chi connectivity index (χ4v) is 2.53. The van der Waals surface area contributed by atoms with Crippen LogP contribution in [0.4, 0.5) is 5.69 Å². The molecule has 0 heterocycles. The van der Waals surface area contributed by atoms with Gasteiger partial charge in [-0.25, -0.2) is 4.85 Å². The third kappa shape index (κ3) is 6.74. The molecular formula is C23H25NO. The van der Waals surface area contributed by atoms with Gasteiger partial charge < -0.3 is 4.74 Å². The Hall–Kier alpha value is -2.71. The summed E-state index contributed by atoms with van der Waals surface area (Å²) in [5.41, 5.74) is 2.50. The van der Waals surface area contributed by atoms with E-state index in [0.717, 1.165) is 23.3 Å². The van der Waals surface area contributed by atoms with Gasteiger partial charge in [0.2, 0.25) is 0 Å². The minimum Gasteiger partial charge on any atom is -0.491 e. The molecule has 2 rings (SSSR count). The molecule has 0 radical (unpaired) electrons. The highest BCUT2D eigenvalue weighted by Crippen LogP contribution is 2.16. The van der Waals surface area contributed by atoms with E-state index >= 15 is 0 Å². The molecule has 0 N–H and O–H groups in total. The Morgan fingerprint density at radius 3 is 2.08 bits per heavy atom. The Balaban J connectivity index is 1.87. The number of hydrogen-bond acceptors (Lipinski definition) is 1. The monoisotopic (exact) mass is 331 g/mol. The van der Waals surface area contributed by atoms with Crippen LogP contribution < -0.4 is 4.74 Å². The quantitative estimate of drug-likeness (QED) is 0.326. The number of benzene rings is 2. The van der Waals surface area contributed by atoms with Crippen molar-refractivity contribution in [2.75, 3.05) is 0 Å². The maximum atomic E-state index is 6.95. The number of unbranched alkanes of at least 4 members (excludes halogenated alkanes) is 3. The lowest BCUT2D eigenvalue weighted by atomic mass is 10.1. The highest BCUT2D eigenvalue weighted by atomic mass is 16.5. The summed E-state index contributed by atoms with van der Waals surface area (Å²) in [4.78, 5) is 3.38. The van der Waals surface area contributed by atoms with Crippen molar-refractivity contribution < 1.29 is 4.74 Å². The first-order valence-electron chi connectivity index (χ1n) is 8.97. The van der Waals surface area contributed by atoms with Gasteiger partial charge in [0.25, 0.3) is 0 Å². The van der Waals surface area contributed by atoms with Crippen LogP contribution in [-0.2, 0) is 0 Å². The molecule has 0 amide bonds. The zero-order valence-electron chi connectivity index (χ0n) is 15.1. The van der Waals surface area contributed by atoms with E-state index < -0.39 is 0 Å². The molecule has 0 bridgehead atoms. The summed E-state index contributed by atoms with van der Waals surface area (Å²) in [6, 6.07) is 15.3. The molecule has 1 atom stereocenters. The van der Waals surface area contributed by atoms with E-state index in [1.165, 1.54) is 25.7 Å². The van der Waals surface area contributed by atoms with Gasteiger partial charge in [0.05, 0.1) is 12.7 Å². The van der Waals surface area contributed by atoms with Gasteiger partial charge in [0.15, 0.2) is 5.69 Å². The lowest BCUT2D eigenvalue weighted by Crippen LogP contribution is -2.11. The van der Waals surface area contributed by atoms with Gasteiger partial charge in [-0.15, -0.1) is 0 Å². The molecule has 0 aromatic heterocycles. The van der Waals surface area contributed by atoms with Crippen molar-refractivity contribution in [2.24, 2.45) is 0 Å². The van der Waals surface area contributed by atoms with Crippen LogP contribution in [-0.4, -0.2) is 6.10 Å². The third-order valence-corrected chi connectivity index (χ3v) is 4.00. The minimum atomic E-state index is 0.245. The zero-order chi connectivity index (χ0) is 17.9. The Morgan fingerprint density at radius 1 is 0.920 bits per heavy atom. The summed E-state index contributed by atoms with van der Waals surface area (Å²) in [6.07, 6.45) is 6.43. The second-order valence-electron chi connectivity index (χ2n) is 6.21. The van der Waals surface area contributed by atoms with Crippen LogP contribution in [0.25, 0.3) is 4.85 Å². The molecule has 0 aliphatic heterocycles. The van der Waals surface area contributed by atoms with Crippen LogP contribution in [0, 0.1) is 18.4 Å². The van der Waals surface area contributed by atoms with Crippen LogP contribution in [0.5, 0.6) is 5.75 Å². The topological polar surface area (TPSA) is 13.6 Å². The Labute approximate surface area is 151 Å². The molecule has 0 aliphatic rings. The molecule has 0 saturated heterocycles. The molecule has 2 aromatic carbocycles. The molecule has 2 aromatic rings. The van der Waals surface area contributed by atoms with Gasteiger partial charge in [0, 0.05) is 11.1 Å². The van der Waals surface area contributed by atoms with Crippen molar-refractivity contribution in [3.63, 3.8) is 0 Å². The normalized spacial score (nSPS) is 11.1. The lowest BCUT2D eigenvalue weighted by molar-refractivity contribution is 0.206. The molecule has 0 saturated carbocycles. The SMILES string of the molecule is [C-]#[N+]c1ccc(C#Cc2ccc(O[C@H](C)CCCCCC)cc2)cc1. The van der Waals surface area contributed by atoms with Crippen molar-refractivity contribution in [3.8, 4) is 17.6 Å². The number of hydrogen-bond donors (Lipinski definition) is 0. The van der Waals surface area contributed by atoms with Crippen LogP contribution in [0.1, 0.15) is 57.1 Å². The van der Waals surface area contributed by atoms with Gasteiger partial charge in [-0.05, 0) is 44.0 Å². The fraction of sp³-hybridized carbons (Fsp3) is 0.348. The highest BCUT2D eigenvalue weighted by molar-refractivity contribution is 5.50. The van der Waals surface area contributed by atoms with Gasteiger partial charge in [0.1, 0.15) is 5.75 Å². The Morgan fingerprint density at radius 2 is 1.52 bits per heavy atom. The van der Waals surface area contributed by atoms with Crippen molar-refractivity contribution >= 4 is 5.69 Å². The molecule has 2 nitrogen and oxygen atoms in total. The average Bonchev–Trinajstić information content (AvgIpc) is 2.65. The van der Waals surface area contributed by atoms with E-state index in [-0.39, 0.29) is 6.10 Å². The van der Waals surface area contributed by atoms with E-state index in [1.807, 2.05) is 36.4 Å². The molecule has 0 spiro atoms. The van der Waals surface area contributed by atoms with Crippen molar-refractivity contribution in [2.45, 2.75) is 52.1 Å². The molecule has 0 aliphatic carbocycles. The molecule has 0 unspecified atom stereocenters. The van der Waals surface area contributed by atoms with E-state index in [0.29, 0.717) is 5.69 Å². The first-order chi connectivity index (χ1) is 12.2. The second kappa shape index (κ2) is 10.2. The fourth-order valence-electron chi connectivity index (χ4n) is 2.53. The van der Waals surface area contributed by atoms with Gasteiger partial charge >= 0.3 is 0 Å². The van der Waals surface area contributed by atoms with E-state index in [4.69, 9.17) is 11.3 Å². The number of nitrogens with zero attached hydrogens (tertiary/aromatic N) is 1. The van der Waals surface area contributed by atoms with Crippen LogP contribution in [0.15, 0.2) is 48.5 Å². The first-order valence-corrected chi connectivity index (χ1v) is 8.97. The van der Waals surface area contributed by atoms with E-state index in [2.05, 4.69) is 30.5 Å². The van der Waals surface area contributed by atoms with Gasteiger partial charge in [-0.2, -0.15) is 0 Å². The summed E-state index contributed by atoms with van der Waals surface area (Å²) >= 11 is 0. The minimum absolute atomic E-state index is 0.245. The first kappa shape index (κ1) is 18.6. The Bertz CT molecular complexity index is 742.